The first kappa shape index (κ1) is 15.0. The fourth-order valence-electron chi connectivity index (χ4n) is 1.81. The molecule has 0 bridgehead atoms. The first-order valence-corrected chi connectivity index (χ1v) is 7.69. The van der Waals surface area contributed by atoms with Crippen LogP contribution in [0.5, 0.6) is 0 Å². The Bertz CT molecular complexity index is 379. The molecule has 2 N–H and O–H groups in total. The minimum atomic E-state index is -2.81. The maximum Gasteiger partial charge on any atom is 0.191 e. The number of guanidine groups is 1. The Balaban J connectivity index is 0.00000144. The molecule has 7 heteroatoms. The highest BCUT2D eigenvalue weighted by molar-refractivity contribution is 14.0. The van der Waals surface area contributed by atoms with Gasteiger partial charge in [-0.2, -0.15) is 0 Å². The molecule has 1 heterocycles. The molecule has 0 spiro atoms. The predicted octanol–water partition coefficient (Wildman–Crippen LogP) is 0.509. The third-order valence-electron chi connectivity index (χ3n) is 2.81. The minimum absolute atomic E-state index is 0. The summed E-state index contributed by atoms with van der Waals surface area (Å²) in [5.41, 5.74) is 0. The maximum absolute atomic E-state index is 11.3. The molecule has 0 aromatic heterocycles. The van der Waals surface area contributed by atoms with E-state index < -0.39 is 9.84 Å². The standard InChI is InChI=1S/C10H19N3O2S.HI/c1-2-11-10(12-8-3-4-8)13-9-5-6-16(14,15)7-9;/h8-9H,2-7H2,1H3,(H2,11,12,13);1H. The molecule has 1 aliphatic heterocycles. The summed E-state index contributed by atoms with van der Waals surface area (Å²) in [7, 11) is -2.81. The van der Waals surface area contributed by atoms with Gasteiger partial charge in [-0.15, -0.1) is 24.0 Å². The van der Waals surface area contributed by atoms with E-state index in [2.05, 4.69) is 15.6 Å². The lowest BCUT2D eigenvalue weighted by molar-refractivity contribution is 0.599. The van der Waals surface area contributed by atoms with Crippen LogP contribution in [0.15, 0.2) is 4.99 Å². The number of nitrogens with one attached hydrogen (secondary N) is 2. The van der Waals surface area contributed by atoms with Crippen molar-refractivity contribution >= 4 is 39.8 Å². The van der Waals surface area contributed by atoms with E-state index in [0.29, 0.717) is 24.8 Å². The molecule has 0 aromatic carbocycles. The highest BCUT2D eigenvalue weighted by Crippen LogP contribution is 2.18. The summed E-state index contributed by atoms with van der Waals surface area (Å²) in [6.07, 6.45) is 3.07. The van der Waals surface area contributed by atoms with Crippen molar-refractivity contribution < 1.29 is 8.42 Å². The Labute approximate surface area is 120 Å². The second-order valence-corrected chi connectivity index (χ2v) is 6.71. The van der Waals surface area contributed by atoms with Crippen molar-refractivity contribution in [1.82, 2.24) is 10.6 Å². The van der Waals surface area contributed by atoms with Gasteiger partial charge < -0.3 is 10.6 Å². The lowest BCUT2D eigenvalue weighted by Gasteiger charge is -2.15. The molecule has 1 unspecified atom stereocenters. The third-order valence-corrected chi connectivity index (χ3v) is 4.58. The van der Waals surface area contributed by atoms with Crippen molar-refractivity contribution in [3.8, 4) is 0 Å². The SMILES string of the molecule is CCN=C(NC1CC1)NC1CCS(=O)(=O)C1.I. The molecule has 2 fully saturated rings. The molecule has 0 amide bonds. The summed E-state index contributed by atoms with van der Waals surface area (Å²) < 4.78 is 22.6. The van der Waals surface area contributed by atoms with E-state index in [1.807, 2.05) is 6.92 Å². The van der Waals surface area contributed by atoms with E-state index >= 15 is 0 Å². The highest BCUT2D eigenvalue weighted by atomic mass is 127. The van der Waals surface area contributed by atoms with E-state index in [0.717, 1.165) is 5.96 Å². The van der Waals surface area contributed by atoms with Crippen LogP contribution in [0.1, 0.15) is 26.2 Å². The predicted molar refractivity (Wildman–Crippen MR) is 79.7 cm³/mol. The van der Waals surface area contributed by atoms with Gasteiger partial charge in [0.05, 0.1) is 11.5 Å². The highest BCUT2D eigenvalue weighted by Gasteiger charge is 2.29. The molecule has 1 aliphatic carbocycles. The molecular weight excluding hydrogens is 353 g/mol. The van der Waals surface area contributed by atoms with Crippen LogP contribution in [0.25, 0.3) is 0 Å². The van der Waals surface area contributed by atoms with Crippen molar-refractivity contribution in [2.75, 3.05) is 18.1 Å². The van der Waals surface area contributed by atoms with Gasteiger partial charge in [0, 0.05) is 18.6 Å². The number of halogens is 1. The van der Waals surface area contributed by atoms with E-state index in [1.165, 1.54) is 12.8 Å². The van der Waals surface area contributed by atoms with Crippen molar-refractivity contribution in [2.45, 2.75) is 38.3 Å². The Morgan fingerprint density at radius 3 is 2.35 bits per heavy atom. The van der Waals surface area contributed by atoms with Gasteiger partial charge in [0.15, 0.2) is 15.8 Å². The number of rotatable bonds is 3. The summed E-state index contributed by atoms with van der Waals surface area (Å²) in [4.78, 5) is 4.32. The van der Waals surface area contributed by atoms with Crippen LogP contribution in [-0.2, 0) is 9.84 Å². The van der Waals surface area contributed by atoms with E-state index in [-0.39, 0.29) is 35.8 Å². The van der Waals surface area contributed by atoms with Gasteiger partial charge in [0.25, 0.3) is 0 Å². The Kier molecular flexibility index (Phi) is 5.49. The lowest BCUT2D eigenvalue weighted by atomic mass is 10.3. The van der Waals surface area contributed by atoms with Crippen LogP contribution in [0, 0.1) is 0 Å². The van der Waals surface area contributed by atoms with E-state index in [1.54, 1.807) is 0 Å². The van der Waals surface area contributed by atoms with Gasteiger partial charge >= 0.3 is 0 Å². The molecule has 2 rings (SSSR count). The summed E-state index contributed by atoms with van der Waals surface area (Å²) in [6.45, 7) is 2.68. The normalized spacial score (nSPS) is 27.4. The van der Waals surface area contributed by atoms with Gasteiger partial charge in [0.1, 0.15) is 0 Å². The third kappa shape index (κ3) is 4.99. The zero-order valence-electron chi connectivity index (χ0n) is 9.98. The van der Waals surface area contributed by atoms with Crippen molar-refractivity contribution in [1.29, 1.82) is 0 Å². The molecule has 5 nitrogen and oxygen atoms in total. The minimum Gasteiger partial charge on any atom is -0.354 e. The average molecular weight is 373 g/mol. The van der Waals surface area contributed by atoms with Crippen molar-refractivity contribution in [2.24, 2.45) is 4.99 Å². The summed E-state index contributed by atoms with van der Waals surface area (Å²) in [5, 5.41) is 6.49. The van der Waals surface area contributed by atoms with Gasteiger partial charge in [0.2, 0.25) is 0 Å². The number of aliphatic imine (C=N–C) groups is 1. The Hall–Kier alpha value is -0.0500. The molecule has 2 aliphatic rings. The van der Waals surface area contributed by atoms with Crippen LogP contribution in [0.2, 0.25) is 0 Å². The van der Waals surface area contributed by atoms with Gasteiger partial charge in [-0.3, -0.25) is 4.99 Å². The van der Waals surface area contributed by atoms with E-state index in [4.69, 9.17) is 0 Å². The molecular formula is C10H20IN3O2S. The van der Waals surface area contributed by atoms with Crippen molar-refractivity contribution in [3.05, 3.63) is 0 Å². The number of sulfone groups is 1. The average Bonchev–Trinajstić information content (AvgIpc) is 2.92. The van der Waals surface area contributed by atoms with Gasteiger partial charge in [-0.05, 0) is 26.2 Å². The number of nitrogens with zero attached hydrogens (tertiary/aromatic N) is 1. The van der Waals surface area contributed by atoms with Gasteiger partial charge in [-0.25, -0.2) is 8.42 Å². The molecule has 0 aromatic rings. The summed E-state index contributed by atoms with van der Waals surface area (Å²) >= 11 is 0. The molecule has 17 heavy (non-hydrogen) atoms. The van der Waals surface area contributed by atoms with Crippen LogP contribution in [-0.4, -0.2) is 44.5 Å². The monoisotopic (exact) mass is 373 g/mol. The van der Waals surface area contributed by atoms with E-state index in [9.17, 15) is 8.42 Å². The van der Waals surface area contributed by atoms with Crippen LogP contribution < -0.4 is 10.6 Å². The maximum atomic E-state index is 11.3. The summed E-state index contributed by atoms with van der Waals surface area (Å²) in [6, 6.07) is 0.567. The summed E-state index contributed by atoms with van der Waals surface area (Å²) in [5.74, 6) is 1.31. The molecule has 1 saturated heterocycles. The molecule has 1 atom stereocenters. The lowest BCUT2D eigenvalue weighted by Crippen LogP contribution is -2.44. The smallest absolute Gasteiger partial charge is 0.191 e. The Morgan fingerprint density at radius 1 is 1.24 bits per heavy atom. The second kappa shape index (κ2) is 6.21. The first-order valence-electron chi connectivity index (χ1n) is 5.87. The fraction of sp³-hybridized carbons (Fsp3) is 0.900. The van der Waals surface area contributed by atoms with Crippen molar-refractivity contribution in [3.63, 3.8) is 0 Å². The first-order chi connectivity index (χ1) is 7.59. The molecule has 1 saturated carbocycles. The Morgan fingerprint density at radius 2 is 1.88 bits per heavy atom. The number of hydrogen-bond donors (Lipinski definition) is 2. The van der Waals surface area contributed by atoms with Crippen LogP contribution in [0.3, 0.4) is 0 Å². The second-order valence-electron chi connectivity index (χ2n) is 4.49. The van der Waals surface area contributed by atoms with Crippen LogP contribution >= 0.6 is 24.0 Å². The topological polar surface area (TPSA) is 70.6 Å². The molecule has 0 radical (unpaired) electrons. The largest absolute Gasteiger partial charge is 0.354 e. The quantitative estimate of drug-likeness (QED) is 0.430. The van der Waals surface area contributed by atoms with Crippen LogP contribution in [0.4, 0.5) is 0 Å². The molecule has 100 valence electrons. The fourth-order valence-corrected chi connectivity index (χ4v) is 3.49. The zero-order valence-corrected chi connectivity index (χ0v) is 13.1. The zero-order chi connectivity index (χ0) is 11.6. The number of hydrogen-bond acceptors (Lipinski definition) is 3. The van der Waals surface area contributed by atoms with Gasteiger partial charge in [-0.1, -0.05) is 0 Å².